The molecule has 0 aliphatic carbocycles. The molecule has 0 fully saturated rings. The second-order valence-electron chi connectivity index (χ2n) is 6.27. The molecule has 4 nitrogen and oxygen atoms in total. The maximum absolute atomic E-state index is 14.0. The van der Waals surface area contributed by atoms with Crippen molar-refractivity contribution < 1.29 is 18.0 Å². The number of para-hydroxylation sites is 1. The number of aromatic nitrogens is 1. The van der Waals surface area contributed by atoms with E-state index in [0.29, 0.717) is 27.5 Å². The number of benzene rings is 3. The molecule has 8 heteroatoms. The summed E-state index contributed by atoms with van der Waals surface area (Å²) in [6.45, 7) is 0. The molecule has 4 rings (SSSR count). The summed E-state index contributed by atoms with van der Waals surface area (Å²) in [5.41, 5.74) is 2.18. The molecule has 2 N–H and O–H groups in total. The minimum Gasteiger partial charge on any atom is -0.308 e. The Morgan fingerprint density at radius 1 is 0.800 bits per heavy atom. The van der Waals surface area contributed by atoms with Crippen LogP contribution in [0.25, 0.3) is 21.8 Å². The van der Waals surface area contributed by atoms with Gasteiger partial charge in [0.2, 0.25) is 0 Å². The van der Waals surface area contributed by atoms with E-state index in [2.05, 4.69) is 15.6 Å². The number of rotatable bonds is 4. The van der Waals surface area contributed by atoms with Gasteiger partial charge in [0, 0.05) is 28.3 Å². The largest absolute Gasteiger partial charge is 0.323 e. The fourth-order valence-corrected chi connectivity index (χ4v) is 3.68. The fraction of sp³-hybridized carbons (Fsp3) is 0. The van der Waals surface area contributed by atoms with Crippen molar-refractivity contribution in [2.75, 3.05) is 10.6 Å². The molecule has 0 aliphatic heterocycles. The first-order valence-corrected chi connectivity index (χ1v) is 9.72. The molecule has 0 saturated heterocycles. The van der Waals surface area contributed by atoms with Gasteiger partial charge in [-0.2, -0.15) is 0 Å². The smallest absolute Gasteiger partial charge is 0.308 e. The zero-order valence-corrected chi connectivity index (χ0v) is 16.1. The van der Waals surface area contributed by atoms with Gasteiger partial charge in [-0.3, -0.25) is 0 Å². The molecule has 0 aliphatic rings. The highest BCUT2D eigenvalue weighted by atomic mass is 32.1. The number of nitrogens with zero attached hydrogens (tertiary/aromatic N) is 1. The highest BCUT2D eigenvalue weighted by Crippen LogP contribution is 2.33. The minimum absolute atomic E-state index is 0.111. The zero-order chi connectivity index (χ0) is 21.1. The lowest BCUT2D eigenvalue weighted by Crippen LogP contribution is -2.20. The average molecular weight is 425 g/mol. The van der Waals surface area contributed by atoms with E-state index in [9.17, 15) is 18.0 Å². The predicted octanol–water partition coefficient (Wildman–Crippen LogP) is 6.54. The highest BCUT2D eigenvalue weighted by molar-refractivity contribution is 7.13. The van der Waals surface area contributed by atoms with Crippen LogP contribution in [0.2, 0.25) is 0 Å². The predicted molar refractivity (Wildman–Crippen MR) is 112 cm³/mol. The van der Waals surface area contributed by atoms with Crippen LogP contribution < -0.4 is 10.6 Å². The summed E-state index contributed by atoms with van der Waals surface area (Å²) in [6, 6.07) is 15.8. The third-order valence-corrected chi connectivity index (χ3v) is 5.11. The lowest BCUT2D eigenvalue weighted by molar-refractivity contribution is 0.262. The van der Waals surface area contributed by atoms with Crippen LogP contribution in [0.3, 0.4) is 0 Å². The number of carbonyl (C=O) groups is 1. The van der Waals surface area contributed by atoms with Crippen molar-refractivity contribution in [2.24, 2.45) is 0 Å². The van der Waals surface area contributed by atoms with Crippen LogP contribution in [0, 0.1) is 17.5 Å². The monoisotopic (exact) mass is 425 g/mol. The molecule has 0 radical (unpaired) electrons. The van der Waals surface area contributed by atoms with E-state index in [1.807, 2.05) is 0 Å². The van der Waals surface area contributed by atoms with Crippen LogP contribution in [0.4, 0.5) is 29.3 Å². The summed E-state index contributed by atoms with van der Waals surface area (Å²) in [5, 5.41) is 7.42. The summed E-state index contributed by atoms with van der Waals surface area (Å²) in [4.78, 5) is 16.8. The molecule has 0 spiro atoms. The van der Waals surface area contributed by atoms with Gasteiger partial charge in [0.25, 0.3) is 0 Å². The van der Waals surface area contributed by atoms with Gasteiger partial charge in [0.15, 0.2) is 11.6 Å². The number of anilines is 2. The Labute approximate surface area is 174 Å². The van der Waals surface area contributed by atoms with Crippen LogP contribution in [-0.4, -0.2) is 11.0 Å². The highest BCUT2D eigenvalue weighted by Gasteiger charge is 2.14. The molecular formula is C22H14F3N3OS. The standard InChI is InChI=1S/C22H14F3N3OS/c23-16-7-3-1-5-14(16)21-27-20(12-30-21)15-6-2-4-8-19(15)28-22(29)26-13-9-10-17(24)18(25)11-13/h1-12H,(H2,26,28,29). The Hall–Kier alpha value is -3.65. The SMILES string of the molecule is O=C(Nc1ccc(F)c(F)c1)Nc1ccccc1-c1csc(-c2ccccc2F)n1. The number of amides is 2. The quantitative estimate of drug-likeness (QED) is 0.390. The van der Waals surface area contributed by atoms with Crippen molar-refractivity contribution >= 4 is 28.7 Å². The van der Waals surface area contributed by atoms with Gasteiger partial charge in [-0.25, -0.2) is 22.9 Å². The zero-order valence-electron chi connectivity index (χ0n) is 15.3. The molecule has 1 heterocycles. The van der Waals surface area contributed by atoms with Gasteiger partial charge >= 0.3 is 6.03 Å². The average Bonchev–Trinajstić information content (AvgIpc) is 3.21. The molecule has 150 valence electrons. The van der Waals surface area contributed by atoms with Crippen LogP contribution in [-0.2, 0) is 0 Å². The van der Waals surface area contributed by atoms with Crippen LogP contribution in [0.1, 0.15) is 0 Å². The number of halogens is 3. The molecule has 0 unspecified atom stereocenters. The van der Waals surface area contributed by atoms with Crippen molar-refractivity contribution in [1.82, 2.24) is 4.98 Å². The molecule has 30 heavy (non-hydrogen) atoms. The topological polar surface area (TPSA) is 54.0 Å². The summed E-state index contributed by atoms with van der Waals surface area (Å²) in [6.07, 6.45) is 0. The van der Waals surface area contributed by atoms with Gasteiger partial charge in [-0.1, -0.05) is 30.3 Å². The van der Waals surface area contributed by atoms with E-state index >= 15 is 0 Å². The molecule has 0 atom stereocenters. The summed E-state index contributed by atoms with van der Waals surface area (Å²) in [5.74, 6) is -2.42. The van der Waals surface area contributed by atoms with Crippen molar-refractivity contribution in [2.45, 2.75) is 0 Å². The third-order valence-electron chi connectivity index (χ3n) is 4.24. The van der Waals surface area contributed by atoms with E-state index in [-0.39, 0.29) is 11.5 Å². The number of hydrogen-bond donors (Lipinski definition) is 2. The van der Waals surface area contributed by atoms with E-state index < -0.39 is 17.7 Å². The Balaban J connectivity index is 1.56. The molecule has 4 aromatic rings. The second kappa shape index (κ2) is 8.38. The van der Waals surface area contributed by atoms with Gasteiger partial charge in [-0.15, -0.1) is 11.3 Å². The minimum atomic E-state index is -1.06. The van der Waals surface area contributed by atoms with E-state index in [1.165, 1.54) is 23.5 Å². The first kappa shape index (κ1) is 19.7. The van der Waals surface area contributed by atoms with Gasteiger partial charge in [-0.05, 0) is 30.3 Å². The molecule has 3 aromatic carbocycles. The van der Waals surface area contributed by atoms with Gasteiger partial charge in [0.1, 0.15) is 10.8 Å². The van der Waals surface area contributed by atoms with E-state index in [0.717, 1.165) is 12.1 Å². The lowest BCUT2D eigenvalue weighted by Gasteiger charge is -2.11. The second-order valence-corrected chi connectivity index (χ2v) is 7.13. The molecule has 0 saturated carbocycles. The first-order chi connectivity index (χ1) is 14.5. The van der Waals surface area contributed by atoms with Crippen molar-refractivity contribution in [3.63, 3.8) is 0 Å². The van der Waals surface area contributed by atoms with Crippen molar-refractivity contribution in [3.8, 4) is 21.8 Å². The Bertz CT molecular complexity index is 1230. The Morgan fingerprint density at radius 3 is 2.30 bits per heavy atom. The molecule has 1 aromatic heterocycles. The summed E-state index contributed by atoms with van der Waals surface area (Å²) >= 11 is 1.29. The van der Waals surface area contributed by atoms with Gasteiger partial charge < -0.3 is 10.6 Å². The fourth-order valence-electron chi connectivity index (χ4n) is 2.83. The normalized spacial score (nSPS) is 10.6. The van der Waals surface area contributed by atoms with E-state index in [4.69, 9.17) is 0 Å². The molecular weight excluding hydrogens is 411 g/mol. The maximum atomic E-state index is 14.0. The van der Waals surface area contributed by atoms with Gasteiger partial charge in [0.05, 0.1) is 11.4 Å². The van der Waals surface area contributed by atoms with Crippen molar-refractivity contribution in [1.29, 1.82) is 0 Å². The number of carbonyl (C=O) groups excluding carboxylic acids is 1. The Morgan fingerprint density at radius 2 is 1.53 bits per heavy atom. The maximum Gasteiger partial charge on any atom is 0.323 e. The van der Waals surface area contributed by atoms with Crippen LogP contribution in [0.5, 0.6) is 0 Å². The molecule has 2 amide bonds. The summed E-state index contributed by atoms with van der Waals surface area (Å²) in [7, 11) is 0. The van der Waals surface area contributed by atoms with Crippen molar-refractivity contribution in [3.05, 3.63) is 89.6 Å². The third kappa shape index (κ3) is 4.18. The number of nitrogens with one attached hydrogen (secondary N) is 2. The number of hydrogen-bond acceptors (Lipinski definition) is 3. The van der Waals surface area contributed by atoms with Crippen LogP contribution in [0.15, 0.2) is 72.1 Å². The number of thiazole rings is 1. The molecule has 0 bridgehead atoms. The first-order valence-electron chi connectivity index (χ1n) is 8.84. The summed E-state index contributed by atoms with van der Waals surface area (Å²) < 4.78 is 40.4. The van der Waals surface area contributed by atoms with E-state index in [1.54, 1.807) is 47.8 Å². The van der Waals surface area contributed by atoms with Crippen LogP contribution >= 0.6 is 11.3 Å². The Kier molecular flexibility index (Phi) is 5.49. The lowest BCUT2D eigenvalue weighted by atomic mass is 10.1. The number of urea groups is 1.